The first-order chi connectivity index (χ1) is 3.48. The predicted octanol–water partition coefficient (Wildman–Crippen LogP) is -7.32. The normalized spacial score (nSPS) is 10.1. The van der Waals surface area contributed by atoms with Crippen LogP contribution in [0.1, 0.15) is 0 Å². The van der Waals surface area contributed by atoms with E-state index in [2.05, 4.69) is 0 Å². The van der Waals surface area contributed by atoms with Crippen molar-refractivity contribution in [2.75, 3.05) is 13.8 Å². The maximum Gasteiger partial charge on any atom is 1.00 e. The quantitative estimate of drug-likeness (QED) is 0.245. The molecule has 0 aliphatic heterocycles. The Hall–Kier alpha value is 2.04. The number of halogens is 1. The van der Waals surface area contributed by atoms with Crippen LogP contribution in [0.25, 0.3) is 0 Å². The first kappa shape index (κ1) is 18.0. The van der Waals surface area contributed by atoms with Gasteiger partial charge in [0.25, 0.3) is 0 Å². The van der Waals surface area contributed by atoms with Gasteiger partial charge in [0.2, 0.25) is 0 Å². The van der Waals surface area contributed by atoms with E-state index in [1.54, 1.807) is 0 Å². The molecular weight excluding hydrogens is 182 g/mol. The maximum atomic E-state index is 11.2. The van der Waals surface area contributed by atoms with Gasteiger partial charge in [0.1, 0.15) is 6.80 Å². The Kier molecular flexibility index (Phi) is 13.8. The second kappa shape index (κ2) is 7.68. The molecule has 0 saturated carbocycles. The van der Waals surface area contributed by atoms with Crippen molar-refractivity contribution >= 4 is 7.75 Å². The summed E-state index contributed by atoms with van der Waals surface area (Å²) in [6.45, 7) is -1.26. The third kappa shape index (κ3) is 8.14. The average molecular weight is 187 g/mol. The Morgan fingerprint density at radius 3 is 1.80 bits per heavy atom. The first-order valence-corrected chi connectivity index (χ1v) is 3.27. The molecule has 0 unspecified atom stereocenters. The van der Waals surface area contributed by atoms with Crippen molar-refractivity contribution in [1.82, 2.24) is 4.67 Å². The largest absolute Gasteiger partial charge is 1.00 e. The average Bonchev–Trinajstić information content (AvgIpc) is 1.62. The molecular formula is C2H5FNNa2O3P. The summed E-state index contributed by atoms with van der Waals surface area (Å²) in [5, 5.41) is 0. The van der Waals surface area contributed by atoms with Crippen LogP contribution in [-0.4, -0.2) is 18.5 Å². The zero-order valence-electron chi connectivity index (χ0n) is 6.20. The monoisotopic (exact) mass is 187 g/mol. The summed E-state index contributed by atoms with van der Waals surface area (Å²) in [7, 11) is -3.92. The summed E-state index contributed by atoms with van der Waals surface area (Å²) in [5.41, 5.74) is 0. The van der Waals surface area contributed by atoms with E-state index in [0.29, 0.717) is 0 Å². The van der Waals surface area contributed by atoms with Crippen molar-refractivity contribution in [3.05, 3.63) is 0 Å². The van der Waals surface area contributed by atoms with E-state index in [9.17, 15) is 18.7 Å². The fourth-order valence-electron chi connectivity index (χ4n) is 0.0655. The van der Waals surface area contributed by atoms with Crippen LogP contribution in [0.3, 0.4) is 0 Å². The van der Waals surface area contributed by atoms with E-state index in [4.69, 9.17) is 0 Å². The summed E-state index contributed by atoms with van der Waals surface area (Å²) in [4.78, 5) is 19.4. The van der Waals surface area contributed by atoms with Gasteiger partial charge in [-0.25, -0.2) is 4.39 Å². The third-order valence-electron chi connectivity index (χ3n) is 0.591. The molecule has 0 aliphatic rings. The second-order valence-corrected chi connectivity index (χ2v) is 2.87. The van der Waals surface area contributed by atoms with Gasteiger partial charge in [-0.3, -0.25) is 4.67 Å². The Labute approximate surface area is 103 Å². The van der Waals surface area contributed by atoms with Crippen LogP contribution in [0.15, 0.2) is 0 Å². The van der Waals surface area contributed by atoms with E-state index in [-0.39, 0.29) is 63.8 Å². The standard InChI is InChI=1S/C2H7FNO3P.2Na/c1-4(2-3)8(5,6)7;;/h2H2,1H3,(H2,5,6,7);;/q;2*+1/p-2. The van der Waals surface area contributed by atoms with Gasteiger partial charge in [0.15, 0.2) is 0 Å². The number of alkyl halides is 1. The molecule has 0 bridgehead atoms. The Morgan fingerprint density at radius 2 is 1.80 bits per heavy atom. The molecule has 0 N–H and O–H groups in total. The third-order valence-corrected chi connectivity index (χ3v) is 1.53. The van der Waals surface area contributed by atoms with Crippen molar-refractivity contribution < 1.29 is 77.9 Å². The number of hydrogen-bond acceptors (Lipinski definition) is 3. The molecule has 0 spiro atoms. The van der Waals surface area contributed by atoms with Crippen molar-refractivity contribution in [1.29, 1.82) is 0 Å². The molecule has 0 amide bonds. The Bertz CT molecular complexity index is 119. The molecule has 0 atom stereocenters. The molecule has 0 fully saturated rings. The topological polar surface area (TPSA) is 66.4 Å². The van der Waals surface area contributed by atoms with Crippen LogP contribution < -0.4 is 68.9 Å². The van der Waals surface area contributed by atoms with E-state index in [1.165, 1.54) is 0 Å². The maximum absolute atomic E-state index is 11.2. The fourth-order valence-corrected chi connectivity index (χ4v) is 0.196. The summed E-state index contributed by atoms with van der Waals surface area (Å²) < 4.78 is 21.0. The van der Waals surface area contributed by atoms with E-state index < -0.39 is 14.5 Å². The minimum absolute atomic E-state index is 0. The van der Waals surface area contributed by atoms with Gasteiger partial charge in [0, 0.05) is 7.75 Å². The van der Waals surface area contributed by atoms with Gasteiger partial charge in [0.05, 0.1) is 0 Å². The minimum Gasteiger partial charge on any atom is -0.799 e. The smallest absolute Gasteiger partial charge is 0.799 e. The van der Waals surface area contributed by atoms with E-state index in [0.717, 1.165) is 7.05 Å². The molecule has 0 saturated heterocycles. The number of nitrogens with zero attached hydrogens (tertiary/aromatic N) is 1. The molecule has 0 radical (unpaired) electrons. The molecule has 50 valence electrons. The molecule has 0 rings (SSSR count). The summed E-state index contributed by atoms with van der Waals surface area (Å²) >= 11 is 0. The Morgan fingerprint density at radius 1 is 1.50 bits per heavy atom. The fraction of sp³-hybridized carbons (Fsp3) is 1.00. The summed E-state index contributed by atoms with van der Waals surface area (Å²) in [5.74, 6) is 0. The summed E-state index contributed by atoms with van der Waals surface area (Å²) in [6, 6.07) is 0. The van der Waals surface area contributed by atoms with Crippen LogP contribution in [0, 0.1) is 0 Å². The molecule has 0 aromatic rings. The van der Waals surface area contributed by atoms with Crippen LogP contribution in [0.4, 0.5) is 4.39 Å². The first-order valence-electron chi connectivity index (χ1n) is 1.78. The van der Waals surface area contributed by atoms with Crippen LogP contribution in [0.2, 0.25) is 0 Å². The van der Waals surface area contributed by atoms with Gasteiger partial charge >= 0.3 is 59.1 Å². The number of rotatable bonds is 2. The second-order valence-electron chi connectivity index (χ2n) is 1.25. The van der Waals surface area contributed by atoms with Crippen molar-refractivity contribution in [3.63, 3.8) is 0 Å². The zero-order chi connectivity index (χ0) is 6.78. The van der Waals surface area contributed by atoms with Gasteiger partial charge in [-0.05, 0) is 7.05 Å². The molecule has 0 aromatic carbocycles. The van der Waals surface area contributed by atoms with Crippen LogP contribution in [0.5, 0.6) is 0 Å². The predicted molar refractivity (Wildman–Crippen MR) is 21.3 cm³/mol. The van der Waals surface area contributed by atoms with Gasteiger partial charge in [-0.15, -0.1) is 0 Å². The van der Waals surface area contributed by atoms with Crippen LogP contribution >= 0.6 is 7.75 Å². The molecule has 4 nitrogen and oxygen atoms in total. The van der Waals surface area contributed by atoms with Crippen molar-refractivity contribution in [2.24, 2.45) is 0 Å². The van der Waals surface area contributed by atoms with E-state index in [1.807, 2.05) is 0 Å². The molecule has 10 heavy (non-hydrogen) atoms. The summed E-state index contributed by atoms with van der Waals surface area (Å²) in [6.07, 6.45) is 0. The Balaban J connectivity index is -0.000000245. The molecule has 0 heterocycles. The van der Waals surface area contributed by atoms with Crippen molar-refractivity contribution in [2.45, 2.75) is 0 Å². The van der Waals surface area contributed by atoms with Crippen LogP contribution in [-0.2, 0) is 4.57 Å². The molecule has 0 aromatic heterocycles. The molecule has 8 heteroatoms. The van der Waals surface area contributed by atoms with Gasteiger partial charge in [-0.1, -0.05) is 0 Å². The SMILES string of the molecule is CN(CF)P(=O)([O-])[O-].[Na+].[Na+]. The van der Waals surface area contributed by atoms with E-state index >= 15 is 0 Å². The molecule has 0 aliphatic carbocycles. The van der Waals surface area contributed by atoms with Crippen molar-refractivity contribution in [3.8, 4) is 0 Å². The number of hydrogen-bond donors (Lipinski definition) is 0. The van der Waals surface area contributed by atoms with Gasteiger partial charge in [-0.2, -0.15) is 0 Å². The van der Waals surface area contributed by atoms with Gasteiger partial charge < -0.3 is 14.4 Å². The zero-order valence-corrected chi connectivity index (χ0v) is 11.1. The minimum atomic E-state index is -4.80.